The molecule has 3 aliphatic rings. The number of nitrogens with zero attached hydrogens (tertiary/aromatic N) is 1. The highest BCUT2D eigenvalue weighted by Crippen LogP contribution is 2.50. The van der Waals surface area contributed by atoms with Crippen LogP contribution in [-0.2, 0) is 23.1 Å². The molecule has 1 saturated heterocycles. The molecule has 2 bridgehead atoms. The van der Waals surface area contributed by atoms with E-state index in [1.54, 1.807) is 0 Å². The summed E-state index contributed by atoms with van der Waals surface area (Å²) < 4.78 is 66.2. The third-order valence-electron chi connectivity index (χ3n) is 5.82. The number of nitrogens with one attached hydrogen (secondary N) is 1. The van der Waals surface area contributed by atoms with Crippen molar-refractivity contribution in [3.63, 3.8) is 0 Å². The molecule has 8 heteroatoms. The zero-order valence-electron chi connectivity index (χ0n) is 13.0. The first-order valence-electron chi connectivity index (χ1n) is 8.12. The van der Waals surface area contributed by atoms with Crippen molar-refractivity contribution in [3.8, 4) is 0 Å². The smallest absolute Gasteiger partial charge is 0.195 e. The minimum atomic E-state index is -4.53. The van der Waals surface area contributed by atoms with Crippen LogP contribution in [0.3, 0.4) is 0 Å². The average Bonchev–Trinajstić information content (AvgIpc) is 2.83. The van der Waals surface area contributed by atoms with Crippen molar-refractivity contribution in [2.24, 2.45) is 11.8 Å². The van der Waals surface area contributed by atoms with Crippen LogP contribution in [0.25, 0.3) is 0 Å². The van der Waals surface area contributed by atoms with E-state index in [0.717, 1.165) is 25.7 Å². The molecule has 1 saturated carbocycles. The summed E-state index contributed by atoms with van der Waals surface area (Å²) >= 11 is 0. The van der Waals surface area contributed by atoms with Crippen LogP contribution in [0.15, 0.2) is 24.3 Å². The summed E-state index contributed by atoms with van der Waals surface area (Å²) in [5.74, 6) is 0.0818. The standard InChI is InChI=1S/C16H19F3N2O2S/c17-16(18,19)10-21-9-15(20-24(21,22)23)13-5-6-14(15)8-12-4-2-1-3-11(12)7-13/h1-4,13-14,20H,5-10H2/t13-,14+,15+. The average molecular weight is 360 g/mol. The fourth-order valence-corrected chi connectivity index (χ4v) is 6.49. The maximum atomic E-state index is 12.8. The summed E-state index contributed by atoms with van der Waals surface area (Å²) in [6.45, 7) is -1.51. The first-order chi connectivity index (χ1) is 11.2. The number of hydrogen-bond acceptors (Lipinski definition) is 2. The quantitative estimate of drug-likeness (QED) is 0.835. The minimum absolute atomic E-state index is 0.0409. The molecule has 1 heterocycles. The van der Waals surface area contributed by atoms with Crippen molar-refractivity contribution in [2.75, 3.05) is 13.1 Å². The Hall–Kier alpha value is -1.12. The van der Waals surface area contributed by atoms with Gasteiger partial charge in [0.25, 0.3) is 10.2 Å². The monoisotopic (exact) mass is 360 g/mol. The fourth-order valence-electron chi connectivity index (χ4n) is 4.79. The molecule has 2 aliphatic carbocycles. The molecule has 24 heavy (non-hydrogen) atoms. The highest BCUT2D eigenvalue weighted by atomic mass is 32.2. The molecule has 4 nitrogen and oxygen atoms in total. The summed E-state index contributed by atoms with van der Waals surface area (Å²) in [6, 6.07) is 8.00. The number of hydrogen-bond donors (Lipinski definition) is 1. The Morgan fingerprint density at radius 2 is 1.67 bits per heavy atom. The highest BCUT2D eigenvalue weighted by Gasteiger charge is 2.60. The van der Waals surface area contributed by atoms with Crippen molar-refractivity contribution in [2.45, 2.75) is 37.4 Å². The van der Waals surface area contributed by atoms with Gasteiger partial charge in [0, 0.05) is 6.54 Å². The molecule has 0 unspecified atom stereocenters. The molecule has 3 atom stereocenters. The molecule has 0 aromatic heterocycles. The fraction of sp³-hybridized carbons (Fsp3) is 0.625. The molecule has 1 aromatic rings. The van der Waals surface area contributed by atoms with E-state index < -0.39 is 28.5 Å². The molecule has 1 aliphatic heterocycles. The second kappa shape index (κ2) is 5.19. The molecule has 132 valence electrons. The lowest BCUT2D eigenvalue weighted by Crippen LogP contribution is -2.52. The third kappa shape index (κ3) is 2.55. The van der Waals surface area contributed by atoms with Crippen LogP contribution in [0.5, 0.6) is 0 Å². The van der Waals surface area contributed by atoms with Gasteiger partial charge in [0.05, 0.1) is 5.54 Å². The van der Waals surface area contributed by atoms with Crippen LogP contribution in [0.2, 0.25) is 0 Å². The first-order valence-corrected chi connectivity index (χ1v) is 9.56. The number of halogens is 3. The molecule has 1 aromatic carbocycles. The maximum Gasteiger partial charge on any atom is 0.402 e. The number of fused-ring (bicyclic) bond motifs is 1. The summed E-state index contributed by atoms with van der Waals surface area (Å²) in [5.41, 5.74) is 1.61. The van der Waals surface area contributed by atoms with E-state index in [4.69, 9.17) is 0 Å². The van der Waals surface area contributed by atoms with Crippen molar-refractivity contribution in [3.05, 3.63) is 35.4 Å². The van der Waals surface area contributed by atoms with Crippen LogP contribution < -0.4 is 4.72 Å². The van der Waals surface area contributed by atoms with Crippen molar-refractivity contribution in [1.29, 1.82) is 0 Å². The van der Waals surface area contributed by atoms with Crippen LogP contribution in [0.1, 0.15) is 24.0 Å². The van der Waals surface area contributed by atoms with E-state index in [-0.39, 0.29) is 18.4 Å². The first kappa shape index (κ1) is 16.4. The lowest BCUT2D eigenvalue weighted by molar-refractivity contribution is -0.136. The van der Waals surface area contributed by atoms with Gasteiger partial charge in [-0.3, -0.25) is 0 Å². The van der Waals surface area contributed by atoms with E-state index in [1.807, 2.05) is 24.3 Å². The van der Waals surface area contributed by atoms with Gasteiger partial charge in [-0.05, 0) is 48.6 Å². The Morgan fingerprint density at radius 1 is 1.12 bits per heavy atom. The Kier molecular flexibility index (Phi) is 3.54. The summed E-state index contributed by atoms with van der Waals surface area (Å²) in [4.78, 5) is 0. The van der Waals surface area contributed by atoms with Gasteiger partial charge in [0.2, 0.25) is 0 Å². The normalized spacial score (nSPS) is 35.1. The van der Waals surface area contributed by atoms with Gasteiger partial charge >= 0.3 is 6.18 Å². The Labute approximate surface area is 139 Å². The molecule has 0 radical (unpaired) electrons. The zero-order chi connectivity index (χ0) is 17.2. The predicted molar refractivity (Wildman–Crippen MR) is 82.5 cm³/mol. The lowest BCUT2D eigenvalue weighted by atomic mass is 9.79. The van der Waals surface area contributed by atoms with Crippen LogP contribution in [0.4, 0.5) is 13.2 Å². The summed E-state index contributed by atoms with van der Waals surface area (Å²) in [7, 11) is -4.09. The second-order valence-electron chi connectivity index (χ2n) is 7.18. The molecule has 4 rings (SSSR count). The summed E-state index contributed by atoms with van der Waals surface area (Å²) in [5, 5.41) is 0. The molecule has 2 fully saturated rings. The van der Waals surface area contributed by atoms with Gasteiger partial charge < -0.3 is 0 Å². The molecule has 1 spiro atoms. The van der Waals surface area contributed by atoms with Crippen molar-refractivity contribution < 1.29 is 21.6 Å². The van der Waals surface area contributed by atoms with Gasteiger partial charge in [0.1, 0.15) is 6.54 Å². The van der Waals surface area contributed by atoms with E-state index in [9.17, 15) is 21.6 Å². The van der Waals surface area contributed by atoms with Gasteiger partial charge in [-0.25, -0.2) is 0 Å². The van der Waals surface area contributed by atoms with Gasteiger partial charge in [-0.2, -0.15) is 30.6 Å². The van der Waals surface area contributed by atoms with Gasteiger partial charge in [0.15, 0.2) is 0 Å². The van der Waals surface area contributed by atoms with Crippen LogP contribution >= 0.6 is 0 Å². The van der Waals surface area contributed by atoms with E-state index >= 15 is 0 Å². The minimum Gasteiger partial charge on any atom is -0.195 e. The lowest BCUT2D eigenvalue weighted by Gasteiger charge is -2.33. The van der Waals surface area contributed by atoms with E-state index in [0.29, 0.717) is 4.31 Å². The van der Waals surface area contributed by atoms with Crippen molar-refractivity contribution >= 4 is 10.2 Å². The van der Waals surface area contributed by atoms with Crippen LogP contribution in [0, 0.1) is 11.8 Å². The summed E-state index contributed by atoms with van der Waals surface area (Å²) in [6.07, 6.45) is -1.40. The zero-order valence-corrected chi connectivity index (χ0v) is 13.8. The Balaban J connectivity index is 1.70. The maximum absolute atomic E-state index is 12.8. The van der Waals surface area contributed by atoms with E-state index in [2.05, 4.69) is 4.72 Å². The number of alkyl halides is 3. The number of benzene rings is 1. The molecular formula is C16H19F3N2O2S. The predicted octanol–water partition coefficient (Wildman–Crippen LogP) is 2.26. The Bertz CT molecular complexity index is 730. The van der Waals surface area contributed by atoms with E-state index in [1.165, 1.54) is 11.1 Å². The number of rotatable bonds is 1. The van der Waals surface area contributed by atoms with Gasteiger partial charge in [-0.1, -0.05) is 24.3 Å². The van der Waals surface area contributed by atoms with Crippen LogP contribution in [-0.4, -0.2) is 37.5 Å². The Morgan fingerprint density at radius 3 is 2.17 bits per heavy atom. The molecule has 1 N–H and O–H groups in total. The molecular weight excluding hydrogens is 341 g/mol. The topological polar surface area (TPSA) is 49.4 Å². The largest absolute Gasteiger partial charge is 0.402 e. The van der Waals surface area contributed by atoms with Crippen molar-refractivity contribution in [1.82, 2.24) is 9.03 Å². The SMILES string of the molecule is O=S1(=O)N[C@@]2(CN1CC(F)(F)F)[C@@H]1CC[C@H]2Cc2ccccc2C1. The highest BCUT2D eigenvalue weighted by molar-refractivity contribution is 7.87. The van der Waals surface area contributed by atoms with Gasteiger partial charge in [-0.15, -0.1) is 0 Å². The molecule has 0 amide bonds. The third-order valence-corrected chi connectivity index (χ3v) is 7.40. The second-order valence-corrected chi connectivity index (χ2v) is 8.85.